The van der Waals surface area contributed by atoms with E-state index >= 15 is 0 Å². The molecule has 0 amide bonds. The molecule has 1 atom stereocenters. The van der Waals surface area contributed by atoms with Crippen molar-refractivity contribution in [3.05, 3.63) is 18.2 Å². The number of rotatable bonds is 7. The Morgan fingerprint density at radius 2 is 2.18 bits per heavy atom. The molecule has 0 spiro atoms. The van der Waals surface area contributed by atoms with Crippen molar-refractivity contribution in [1.82, 2.24) is 0 Å². The van der Waals surface area contributed by atoms with Crippen LogP contribution in [-0.4, -0.2) is 24.4 Å². The highest BCUT2D eigenvalue weighted by atomic mass is 16.5. The van der Waals surface area contributed by atoms with Gasteiger partial charge in [0, 0.05) is 6.54 Å². The molecule has 4 nitrogen and oxygen atoms in total. The Morgan fingerprint density at radius 1 is 1.41 bits per heavy atom. The SMILES string of the molecule is CCCOc1cccc(NCC(O)CC)c1N. The summed E-state index contributed by atoms with van der Waals surface area (Å²) in [6, 6.07) is 5.63. The second-order valence-electron chi connectivity index (χ2n) is 4.01. The molecule has 0 saturated heterocycles. The number of ether oxygens (including phenoxy) is 1. The number of aliphatic hydroxyl groups is 1. The number of nitrogens with one attached hydrogen (secondary N) is 1. The molecule has 4 N–H and O–H groups in total. The number of hydrogen-bond acceptors (Lipinski definition) is 4. The highest BCUT2D eigenvalue weighted by Gasteiger charge is 2.07. The molecule has 96 valence electrons. The maximum atomic E-state index is 9.49. The Morgan fingerprint density at radius 3 is 2.82 bits per heavy atom. The van der Waals surface area contributed by atoms with E-state index in [0.717, 1.165) is 18.5 Å². The molecule has 1 aromatic rings. The first-order valence-corrected chi connectivity index (χ1v) is 6.12. The fourth-order valence-corrected chi connectivity index (χ4v) is 1.41. The van der Waals surface area contributed by atoms with Crippen LogP contribution >= 0.6 is 0 Å². The first-order chi connectivity index (χ1) is 8.19. The number of para-hydroxylation sites is 1. The van der Waals surface area contributed by atoms with E-state index in [1.165, 1.54) is 0 Å². The first kappa shape index (κ1) is 13.6. The lowest BCUT2D eigenvalue weighted by Crippen LogP contribution is -2.18. The normalized spacial score (nSPS) is 12.2. The zero-order valence-corrected chi connectivity index (χ0v) is 10.6. The van der Waals surface area contributed by atoms with Gasteiger partial charge < -0.3 is 20.9 Å². The van der Waals surface area contributed by atoms with Gasteiger partial charge in [-0.05, 0) is 25.0 Å². The van der Waals surface area contributed by atoms with Crippen molar-refractivity contribution in [3.8, 4) is 5.75 Å². The maximum absolute atomic E-state index is 9.49. The number of aliphatic hydroxyl groups excluding tert-OH is 1. The maximum Gasteiger partial charge on any atom is 0.144 e. The minimum atomic E-state index is -0.352. The number of nitrogen functional groups attached to an aromatic ring is 1. The molecule has 0 aromatic heterocycles. The standard InChI is InChI=1S/C13H22N2O2/c1-3-8-17-12-7-5-6-11(13(12)14)15-9-10(16)4-2/h5-7,10,15-16H,3-4,8-9,14H2,1-2H3. The summed E-state index contributed by atoms with van der Waals surface area (Å²) in [5, 5.41) is 12.6. The van der Waals surface area contributed by atoms with Crippen LogP contribution in [0, 0.1) is 0 Å². The quantitative estimate of drug-likeness (QED) is 0.637. The lowest BCUT2D eigenvalue weighted by atomic mass is 10.2. The van der Waals surface area contributed by atoms with Gasteiger partial charge in [0.2, 0.25) is 0 Å². The fraction of sp³-hybridized carbons (Fsp3) is 0.538. The van der Waals surface area contributed by atoms with Crippen LogP contribution in [0.4, 0.5) is 11.4 Å². The van der Waals surface area contributed by atoms with Gasteiger partial charge in [0.15, 0.2) is 0 Å². The summed E-state index contributed by atoms with van der Waals surface area (Å²) < 4.78 is 5.53. The Balaban J connectivity index is 2.65. The van der Waals surface area contributed by atoms with Gasteiger partial charge in [-0.15, -0.1) is 0 Å². The van der Waals surface area contributed by atoms with E-state index in [0.29, 0.717) is 24.6 Å². The van der Waals surface area contributed by atoms with E-state index in [1.54, 1.807) is 0 Å². The molecule has 1 unspecified atom stereocenters. The van der Waals surface area contributed by atoms with Crippen molar-refractivity contribution in [2.45, 2.75) is 32.8 Å². The molecule has 0 bridgehead atoms. The van der Waals surface area contributed by atoms with E-state index < -0.39 is 0 Å². The summed E-state index contributed by atoms with van der Waals surface area (Å²) in [5.41, 5.74) is 7.40. The summed E-state index contributed by atoms with van der Waals surface area (Å²) >= 11 is 0. The third kappa shape index (κ3) is 4.15. The molecule has 0 aliphatic carbocycles. The predicted octanol–water partition coefficient (Wildman–Crippen LogP) is 2.24. The summed E-state index contributed by atoms with van der Waals surface area (Å²) in [4.78, 5) is 0. The number of benzene rings is 1. The van der Waals surface area contributed by atoms with Gasteiger partial charge in [0.25, 0.3) is 0 Å². The van der Waals surface area contributed by atoms with E-state index in [-0.39, 0.29) is 6.10 Å². The highest BCUT2D eigenvalue weighted by molar-refractivity contribution is 5.72. The van der Waals surface area contributed by atoms with Gasteiger partial charge in [0.05, 0.1) is 24.1 Å². The van der Waals surface area contributed by atoms with Crippen molar-refractivity contribution in [1.29, 1.82) is 0 Å². The van der Waals surface area contributed by atoms with Crippen LogP contribution in [0.2, 0.25) is 0 Å². The number of anilines is 2. The Kier molecular flexibility index (Phi) is 5.63. The van der Waals surface area contributed by atoms with Crippen LogP contribution in [0.3, 0.4) is 0 Å². The van der Waals surface area contributed by atoms with E-state index in [1.807, 2.05) is 25.1 Å². The van der Waals surface area contributed by atoms with Crippen LogP contribution in [0.15, 0.2) is 18.2 Å². The van der Waals surface area contributed by atoms with Gasteiger partial charge in [-0.3, -0.25) is 0 Å². The number of hydrogen-bond donors (Lipinski definition) is 3. The second-order valence-corrected chi connectivity index (χ2v) is 4.01. The molecule has 4 heteroatoms. The minimum absolute atomic E-state index is 0.352. The Labute approximate surface area is 103 Å². The zero-order chi connectivity index (χ0) is 12.7. The average Bonchev–Trinajstić information content (AvgIpc) is 2.35. The van der Waals surface area contributed by atoms with Crippen LogP contribution in [0.1, 0.15) is 26.7 Å². The molecule has 1 aromatic carbocycles. The Hall–Kier alpha value is -1.42. The molecule has 0 saturated carbocycles. The minimum Gasteiger partial charge on any atom is -0.491 e. The molecular weight excluding hydrogens is 216 g/mol. The third-order valence-electron chi connectivity index (χ3n) is 2.53. The van der Waals surface area contributed by atoms with E-state index in [9.17, 15) is 5.11 Å². The predicted molar refractivity (Wildman–Crippen MR) is 71.4 cm³/mol. The molecule has 0 aliphatic heterocycles. The van der Waals surface area contributed by atoms with Gasteiger partial charge in [-0.1, -0.05) is 19.9 Å². The molecule has 0 heterocycles. The monoisotopic (exact) mass is 238 g/mol. The van der Waals surface area contributed by atoms with Crippen LogP contribution < -0.4 is 15.8 Å². The molecular formula is C13H22N2O2. The van der Waals surface area contributed by atoms with Gasteiger partial charge >= 0.3 is 0 Å². The zero-order valence-electron chi connectivity index (χ0n) is 10.6. The van der Waals surface area contributed by atoms with Gasteiger partial charge in [0.1, 0.15) is 5.75 Å². The number of nitrogens with two attached hydrogens (primary N) is 1. The average molecular weight is 238 g/mol. The molecule has 0 aliphatic rings. The van der Waals surface area contributed by atoms with Crippen LogP contribution in [0.25, 0.3) is 0 Å². The topological polar surface area (TPSA) is 67.5 Å². The van der Waals surface area contributed by atoms with Crippen molar-refractivity contribution < 1.29 is 9.84 Å². The molecule has 0 fully saturated rings. The van der Waals surface area contributed by atoms with Crippen molar-refractivity contribution in [2.75, 3.05) is 24.2 Å². The van der Waals surface area contributed by atoms with Crippen molar-refractivity contribution in [3.63, 3.8) is 0 Å². The van der Waals surface area contributed by atoms with E-state index in [4.69, 9.17) is 10.5 Å². The summed E-state index contributed by atoms with van der Waals surface area (Å²) in [6.07, 6.45) is 1.32. The van der Waals surface area contributed by atoms with Crippen LogP contribution in [-0.2, 0) is 0 Å². The molecule has 0 radical (unpaired) electrons. The van der Waals surface area contributed by atoms with Crippen molar-refractivity contribution >= 4 is 11.4 Å². The lowest BCUT2D eigenvalue weighted by molar-refractivity contribution is 0.183. The molecule has 17 heavy (non-hydrogen) atoms. The van der Waals surface area contributed by atoms with Crippen LogP contribution in [0.5, 0.6) is 5.75 Å². The lowest BCUT2D eigenvalue weighted by Gasteiger charge is -2.15. The summed E-state index contributed by atoms with van der Waals surface area (Å²) in [5.74, 6) is 0.697. The highest BCUT2D eigenvalue weighted by Crippen LogP contribution is 2.29. The third-order valence-corrected chi connectivity index (χ3v) is 2.53. The first-order valence-electron chi connectivity index (χ1n) is 6.12. The molecule has 1 rings (SSSR count). The van der Waals surface area contributed by atoms with E-state index in [2.05, 4.69) is 12.2 Å². The van der Waals surface area contributed by atoms with Gasteiger partial charge in [-0.2, -0.15) is 0 Å². The Bertz CT molecular complexity index is 342. The summed E-state index contributed by atoms with van der Waals surface area (Å²) in [7, 11) is 0. The van der Waals surface area contributed by atoms with Crippen molar-refractivity contribution in [2.24, 2.45) is 0 Å². The largest absolute Gasteiger partial charge is 0.491 e. The fourth-order valence-electron chi connectivity index (χ4n) is 1.41. The summed E-state index contributed by atoms with van der Waals surface area (Å²) in [6.45, 7) is 5.15. The smallest absolute Gasteiger partial charge is 0.144 e. The van der Waals surface area contributed by atoms with Gasteiger partial charge in [-0.25, -0.2) is 0 Å². The second kappa shape index (κ2) is 7.01.